The Balaban J connectivity index is 1.76. The average Bonchev–Trinajstić information content (AvgIpc) is 2.64. The van der Waals surface area contributed by atoms with Gasteiger partial charge in [-0.1, -0.05) is 38.7 Å². The normalized spacial score (nSPS) is 37.6. The highest BCUT2D eigenvalue weighted by Gasteiger charge is 2.40. The van der Waals surface area contributed by atoms with Crippen LogP contribution in [0.25, 0.3) is 0 Å². The SMILES string of the molecule is C=CC1CCC(C(CCC)CCCC2CCC(OC)C(F)C2F)CC1. The van der Waals surface area contributed by atoms with Gasteiger partial charge in [0, 0.05) is 7.11 Å². The molecule has 2 aliphatic rings. The number of allylic oxidation sites excluding steroid dienone is 1. The van der Waals surface area contributed by atoms with Gasteiger partial charge in [-0.25, -0.2) is 8.78 Å². The van der Waals surface area contributed by atoms with Gasteiger partial charge in [-0.15, -0.1) is 6.58 Å². The second-order valence-electron chi connectivity index (χ2n) is 8.39. The molecule has 0 radical (unpaired) electrons. The quantitative estimate of drug-likeness (QED) is 0.419. The summed E-state index contributed by atoms with van der Waals surface area (Å²) in [5.41, 5.74) is 0. The molecule has 5 atom stereocenters. The molecule has 0 bridgehead atoms. The van der Waals surface area contributed by atoms with Gasteiger partial charge >= 0.3 is 0 Å². The number of ether oxygens (including phenoxy) is 1. The fourth-order valence-electron chi connectivity index (χ4n) is 5.19. The van der Waals surface area contributed by atoms with Crippen molar-refractivity contribution in [2.24, 2.45) is 23.7 Å². The van der Waals surface area contributed by atoms with Crippen molar-refractivity contribution in [1.29, 1.82) is 0 Å². The summed E-state index contributed by atoms with van der Waals surface area (Å²) in [6, 6.07) is 0. The molecule has 0 N–H and O–H groups in total. The van der Waals surface area contributed by atoms with Gasteiger partial charge in [0.25, 0.3) is 0 Å². The number of rotatable bonds is 9. The summed E-state index contributed by atoms with van der Waals surface area (Å²) < 4.78 is 33.4. The number of hydrogen-bond acceptors (Lipinski definition) is 1. The van der Waals surface area contributed by atoms with Crippen molar-refractivity contribution in [2.45, 2.75) is 96.0 Å². The lowest BCUT2D eigenvalue weighted by atomic mass is 9.72. The van der Waals surface area contributed by atoms with Crippen molar-refractivity contribution in [3.05, 3.63) is 12.7 Å². The molecule has 0 saturated heterocycles. The molecule has 3 heteroatoms. The third-order valence-corrected chi connectivity index (χ3v) is 6.86. The van der Waals surface area contributed by atoms with Crippen molar-refractivity contribution in [1.82, 2.24) is 0 Å². The zero-order chi connectivity index (χ0) is 18.2. The highest BCUT2D eigenvalue weighted by molar-refractivity contribution is 4.89. The molecular weight excluding hydrogens is 318 g/mol. The van der Waals surface area contributed by atoms with Crippen LogP contribution in [-0.2, 0) is 4.74 Å². The maximum absolute atomic E-state index is 14.3. The molecule has 5 unspecified atom stereocenters. The lowest BCUT2D eigenvalue weighted by molar-refractivity contribution is -0.0577. The third kappa shape index (κ3) is 5.77. The monoisotopic (exact) mass is 356 g/mol. The molecule has 0 heterocycles. The van der Waals surface area contributed by atoms with Gasteiger partial charge < -0.3 is 4.74 Å². The average molecular weight is 357 g/mol. The summed E-state index contributed by atoms with van der Waals surface area (Å²) in [6.45, 7) is 6.21. The minimum Gasteiger partial charge on any atom is -0.378 e. The second kappa shape index (κ2) is 10.6. The summed E-state index contributed by atoms with van der Waals surface area (Å²) in [5, 5.41) is 0. The predicted molar refractivity (Wildman–Crippen MR) is 101 cm³/mol. The summed E-state index contributed by atoms with van der Waals surface area (Å²) in [6.07, 6.45) is 11.0. The Bertz CT molecular complexity index is 378. The number of halogens is 2. The smallest absolute Gasteiger partial charge is 0.157 e. The van der Waals surface area contributed by atoms with Crippen molar-refractivity contribution in [3.8, 4) is 0 Å². The van der Waals surface area contributed by atoms with Gasteiger partial charge in [0.15, 0.2) is 6.17 Å². The zero-order valence-electron chi connectivity index (χ0n) is 16.3. The standard InChI is InChI=1S/C22H38F2O/c1-4-7-17(18-12-10-16(5-2)11-13-18)8-6-9-19-14-15-20(25-3)22(24)21(19)23/h5,16-22H,2,4,6-15H2,1,3H3. The van der Waals surface area contributed by atoms with Crippen LogP contribution < -0.4 is 0 Å². The Morgan fingerprint density at radius 2 is 1.76 bits per heavy atom. The Hall–Kier alpha value is -0.440. The molecule has 0 aromatic heterocycles. The van der Waals surface area contributed by atoms with Crippen LogP contribution in [0, 0.1) is 23.7 Å². The van der Waals surface area contributed by atoms with E-state index in [0.717, 1.165) is 31.1 Å². The number of hydrogen-bond donors (Lipinski definition) is 0. The molecule has 0 aromatic rings. The van der Waals surface area contributed by atoms with Gasteiger partial charge in [-0.05, 0) is 68.6 Å². The minimum absolute atomic E-state index is 0.111. The molecule has 0 aliphatic heterocycles. The first-order chi connectivity index (χ1) is 12.1. The van der Waals surface area contributed by atoms with E-state index >= 15 is 0 Å². The largest absolute Gasteiger partial charge is 0.378 e. The molecule has 2 fully saturated rings. The fraction of sp³-hybridized carbons (Fsp3) is 0.909. The highest BCUT2D eigenvalue weighted by atomic mass is 19.2. The van der Waals surface area contributed by atoms with Gasteiger partial charge in [-0.3, -0.25) is 0 Å². The van der Waals surface area contributed by atoms with Gasteiger partial charge in [0.05, 0.1) is 6.10 Å². The Morgan fingerprint density at radius 1 is 1.04 bits per heavy atom. The van der Waals surface area contributed by atoms with Crippen LogP contribution in [0.3, 0.4) is 0 Å². The Morgan fingerprint density at radius 3 is 2.36 bits per heavy atom. The first kappa shape index (κ1) is 20.9. The molecule has 2 aliphatic carbocycles. The van der Waals surface area contributed by atoms with Crippen LogP contribution in [0.4, 0.5) is 8.78 Å². The number of alkyl halides is 2. The van der Waals surface area contributed by atoms with Crippen LogP contribution in [0.15, 0.2) is 12.7 Å². The minimum atomic E-state index is -1.44. The van der Waals surface area contributed by atoms with Crippen molar-refractivity contribution in [2.75, 3.05) is 7.11 Å². The topological polar surface area (TPSA) is 9.23 Å². The van der Waals surface area contributed by atoms with Crippen LogP contribution in [-0.4, -0.2) is 25.6 Å². The molecule has 0 aromatic carbocycles. The lowest BCUT2D eigenvalue weighted by Gasteiger charge is -2.35. The fourth-order valence-corrected chi connectivity index (χ4v) is 5.19. The van der Waals surface area contributed by atoms with Crippen LogP contribution in [0.1, 0.15) is 77.6 Å². The maximum Gasteiger partial charge on any atom is 0.157 e. The summed E-state index contributed by atoms with van der Waals surface area (Å²) in [4.78, 5) is 0. The van der Waals surface area contributed by atoms with Crippen LogP contribution in [0.2, 0.25) is 0 Å². The second-order valence-corrected chi connectivity index (χ2v) is 8.39. The van der Waals surface area contributed by atoms with Crippen LogP contribution >= 0.6 is 0 Å². The highest BCUT2D eigenvalue weighted by Crippen LogP contribution is 2.39. The van der Waals surface area contributed by atoms with E-state index in [1.807, 2.05) is 0 Å². The van der Waals surface area contributed by atoms with E-state index in [-0.39, 0.29) is 5.92 Å². The van der Waals surface area contributed by atoms with E-state index in [1.165, 1.54) is 52.1 Å². The van der Waals surface area contributed by atoms with Crippen molar-refractivity contribution < 1.29 is 13.5 Å². The molecule has 1 nitrogen and oxygen atoms in total. The van der Waals surface area contributed by atoms with E-state index < -0.39 is 18.4 Å². The molecule has 2 saturated carbocycles. The van der Waals surface area contributed by atoms with E-state index in [2.05, 4.69) is 19.6 Å². The molecule has 25 heavy (non-hydrogen) atoms. The first-order valence-corrected chi connectivity index (χ1v) is 10.5. The Labute approximate surface area is 153 Å². The van der Waals surface area contributed by atoms with Gasteiger partial charge in [0.1, 0.15) is 6.17 Å². The molecule has 146 valence electrons. The summed E-state index contributed by atoms with van der Waals surface area (Å²) in [5.74, 6) is 2.20. The van der Waals surface area contributed by atoms with E-state index in [4.69, 9.17) is 4.74 Å². The molecule has 0 spiro atoms. The van der Waals surface area contributed by atoms with Gasteiger partial charge in [0.2, 0.25) is 0 Å². The van der Waals surface area contributed by atoms with E-state index in [0.29, 0.717) is 12.3 Å². The third-order valence-electron chi connectivity index (χ3n) is 6.86. The lowest BCUT2D eigenvalue weighted by Crippen LogP contribution is -2.42. The maximum atomic E-state index is 14.3. The summed E-state index contributed by atoms with van der Waals surface area (Å²) in [7, 11) is 1.49. The van der Waals surface area contributed by atoms with E-state index in [9.17, 15) is 8.78 Å². The Kier molecular flexibility index (Phi) is 8.89. The van der Waals surface area contributed by atoms with Crippen molar-refractivity contribution >= 4 is 0 Å². The summed E-state index contributed by atoms with van der Waals surface area (Å²) >= 11 is 0. The van der Waals surface area contributed by atoms with Gasteiger partial charge in [-0.2, -0.15) is 0 Å². The molecular formula is C22H38F2O. The van der Waals surface area contributed by atoms with E-state index in [1.54, 1.807) is 0 Å². The zero-order valence-corrected chi connectivity index (χ0v) is 16.3. The number of methoxy groups -OCH3 is 1. The first-order valence-electron chi connectivity index (χ1n) is 10.5. The molecule has 2 rings (SSSR count). The van der Waals surface area contributed by atoms with Crippen LogP contribution in [0.5, 0.6) is 0 Å². The molecule has 0 amide bonds. The predicted octanol–water partition coefficient (Wildman–Crippen LogP) is 6.67. The van der Waals surface area contributed by atoms with Crippen molar-refractivity contribution in [3.63, 3.8) is 0 Å².